The lowest BCUT2D eigenvalue weighted by Crippen LogP contribution is -2.46. The number of rotatable bonds is 3. The molecule has 1 N–H and O–H groups in total. The molecule has 0 atom stereocenters. The first-order valence-electron chi connectivity index (χ1n) is 6.00. The number of hydrogen-bond acceptors (Lipinski definition) is 3. The Kier molecular flexibility index (Phi) is 3.80. The predicted molar refractivity (Wildman–Crippen MR) is 66.7 cm³/mol. The number of nitrogens with zero attached hydrogens (tertiary/aromatic N) is 2. The van der Waals surface area contributed by atoms with Crippen molar-refractivity contribution >= 4 is 5.69 Å². The fourth-order valence-corrected chi connectivity index (χ4v) is 2.13. The molecule has 3 heteroatoms. The number of piperazine rings is 1. The standard InChI is InChI=1S/C13H20N2O/c1-2-14-7-9-15(10-8-14)13-5-3-12(11-16)4-6-13/h3-6,16H,2,7-11H2,1H3. The van der Waals surface area contributed by atoms with Gasteiger partial charge in [0, 0.05) is 31.9 Å². The van der Waals surface area contributed by atoms with Crippen LogP contribution >= 0.6 is 0 Å². The second kappa shape index (κ2) is 5.32. The third-order valence-electron chi connectivity index (χ3n) is 3.30. The van der Waals surface area contributed by atoms with E-state index in [2.05, 4.69) is 28.9 Å². The molecule has 1 heterocycles. The van der Waals surface area contributed by atoms with E-state index in [4.69, 9.17) is 5.11 Å². The smallest absolute Gasteiger partial charge is 0.0681 e. The van der Waals surface area contributed by atoms with Gasteiger partial charge in [-0.25, -0.2) is 0 Å². The van der Waals surface area contributed by atoms with E-state index in [1.54, 1.807) is 0 Å². The van der Waals surface area contributed by atoms with Crippen molar-refractivity contribution in [2.45, 2.75) is 13.5 Å². The van der Waals surface area contributed by atoms with Gasteiger partial charge < -0.3 is 14.9 Å². The Morgan fingerprint density at radius 1 is 1.06 bits per heavy atom. The number of aliphatic hydroxyl groups excluding tert-OH is 1. The molecule has 1 saturated heterocycles. The van der Waals surface area contributed by atoms with E-state index in [9.17, 15) is 0 Å². The van der Waals surface area contributed by atoms with Gasteiger partial charge in [-0.05, 0) is 24.2 Å². The van der Waals surface area contributed by atoms with Gasteiger partial charge in [0.25, 0.3) is 0 Å². The highest BCUT2D eigenvalue weighted by atomic mass is 16.3. The highest BCUT2D eigenvalue weighted by Gasteiger charge is 2.15. The molecule has 0 aromatic heterocycles. The SMILES string of the molecule is CCN1CCN(c2ccc(CO)cc2)CC1. The van der Waals surface area contributed by atoms with Gasteiger partial charge in [0.1, 0.15) is 0 Å². The maximum atomic E-state index is 8.99. The predicted octanol–water partition coefficient (Wildman–Crippen LogP) is 1.32. The molecule has 0 saturated carbocycles. The molecule has 0 spiro atoms. The molecule has 1 aliphatic heterocycles. The zero-order valence-corrected chi connectivity index (χ0v) is 9.89. The summed E-state index contributed by atoms with van der Waals surface area (Å²) in [5, 5.41) is 8.99. The second-order valence-electron chi connectivity index (χ2n) is 4.25. The minimum Gasteiger partial charge on any atom is -0.392 e. The van der Waals surface area contributed by atoms with Crippen LogP contribution in [0.15, 0.2) is 24.3 Å². The van der Waals surface area contributed by atoms with E-state index in [1.807, 2.05) is 12.1 Å². The average molecular weight is 220 g/mol. The summed E-state index contributed by atoms with van der Waals surface area (Å²) in [5.41, 5.74) is 2.25. The molecular formula is C13H20N2O. The lowest BCUT2D eigenvalue weighted by Gasteiger charge is -2.35. The topological polar surface area (TPSA) is 26.7 Å². The number of benzene rings is 1. The summed E-state index contributed by atoms with van der Waals surface area (Å²) in [4.78, 5) is 4.88. The van der Waals surface area contributed by atoms with E-state index in [0.29, 0.717) is 0 Å². The monoisotopic (exact) mass is 220 g/mol. The first kappa shape index (κ1) is 11.4. The van der Waals surface area contributed by atoms with Crippen LogP contribution in [0.5, 0.6) is 0 Å². The third kappa shape index (κ3) is 2.54. The van der Waals surface area contributed by atoms with Gasteiger partial charge in [-0.15, -0.1) is 0 Å². The molecule has 1 aromatic rings. The van der Waals surface area contributed by atoms with Crippen molar-refractivity contribution in [2.24, 2.45) is 0 Å². The lowest BCUT2D eigenvalue weighted by molar-refractivity contribution is 0.271. The molecule has 0 aliphatic carbocycles. The largest absolute Gasteiger partial charge is 0.392 e. The van der Waals surface area contributed by atoms with Crippen molar-refractivity contribution in [3.05, 3.63) is 29.8 Å². The van der Waals surface area contributed by atoms with Crippen LogP contribution in [0.3, 0.4) is 0 Å². The molecule has 88 valence electrons. The van der Waals surface area contributed by atoms with Crippen molar-refractivity contribution in [1.29, 1.82) is 0 Å². The van der Waals surface area contributed by atoms with Gasteiger partial charge in [0.2, 0.25) is 0 Å². The van der Waals surface area contributed by atoms with Gasteiger partial charge >= 0.3 is 0 Å². The zero-order valence-electron chi connectivity index (χ0n) is 9.89. The van der Waals surface area contributed by atoms with Crippen LogP contribution in [0.25, 0.3) is 0 Å². The normalized spacial score (nSPS) is 17.8. The summed E-state index contributed by atoms with van der Waals surface area (Å²) in [6.45, 7) is 8.00. The number of aliphatic hydroxyl groups is 1. The van der Waals surface area contributed by atoms with Crippen molar-refractivity contribution in [1.82, 2.24) is 4.90 Å². The molecule has 1 aliphatic rings. The van der Waals surface area contributed by atoms with Gasteiger partial charge in [-0.3, -0.25) is 0 Å². The van der Waals surface area contributed by atoms with Gasteiger partial charge in [0.15, 0.2) is 0 Å². The number of anilines is 1. The third-order valence-corrected chi connectivity index (χ3v) is 3.30. The molecule has 3 nitrogen and oxygen atoms in total. The summed E-state index contributed by atoms with van der Waals surface area (Å²) in [6, 6.07) is 8.21. The Hall–Kier alpha value is -1.06. The van der Waals surface area contributed by atoms with E-state index in [-0.39, 0.29) is 6.61 Å². The number of likely N-dealkylation sites (N-methyl/N-ethyl adjacent to an activating group) is 1. The summed E-state index contributed by atoms with van der Waals surface area (Å²) >= 11 is 0. The van der Waals surface area contributed by atoms with Crippen LogP contribution in [-0.2, 0) is 6.61 Å². The van der Waals surface area contributed by atoms with E-state index < -0.39 is 0 Å². The van der Waals surface area contributed by atoms with Crippen molar-refractivity contribution in [3.8, 4) is 0 Å². The summed E-state index contributed by atoms with van der Waals surface area (Å²) in [7, 11) is 0. The average Bonchev–Trinajstić information content (AvgIpc) is 2.39. The molecule has 16 heavy (non-hydrogen) atoms. The highest BCUT2D eigenvalue weighted by Crippen LogP contribution is 2.17. The van der Waals surface area contributed by atoms with Crippen LogP contribution in [-0.4, -0.2) is 42.7 Å². The van der Waals surface area contributed by atoms with E-state index in [1.165, 1.54) is 5.69 Å². The van der Waals surface area contributed by atoms with Crippen molar-refractivity contribution in [2.75, 3.05) is 37.6 Å². The fraction of sp³-hybridized carbons (Fsp3) is 0.538. The Labute approximate surface area is 97.3 Å². The molecule has 0 unspecified atom stereocenters. The quantitative estimate of drug-likeness (QED) is 0.832. The summed E-state index contributed by atoms with van der Waals surface area (Å²) in [5.74, 6) is 0. The van der Waals surface area contributed by atoms with Crippen LogP contribution in [0.4, 0.5) is 5.69 Å². The fourth-order valence-electron chi connectivity index (χ4n) is 2.13. The van der Waals surface area contributed by atoms with Crippen molar-refractivity contribution < 1.29 is 5.11 Å². The molecule has 0 radical (unpaired) electrons. The van der Waals surface area contributed by atoms with Gasteiger partial charge in [0.05, 0.1) is 6.61 Å². The molecule has 1 fully saturated rings. The maximum Gasteiger partial charge on any atom is 0.0681 e. The lowest BCUT2D eigenvalue weighted by atomic mass is 10.2. The minimum absolute atomic E-state index is 0.129. The van der Waals surface area contributed by atoms with Crippen LogP contribution in [0, 0.1) is 0 Å². The Bertz CT molecular complexity index is 315. The van der Waals surface area contributed by atoms with Crippen LogP contribution in [0.2, 0.25) is 0 Å². The van der Waals surface area contributed by atoms with E-state index >= 15 is 0 Å². The summed E-state index contributed by atoms with van der Waals surface area (Å²) in [6.07, 6.45) is 0. The van der Waals surface area contributed by atoms with Crippen LogP contribution in [0.1, 0.15) is 12.5 Å². The Morgan fingerprint density at radius 2 is 1.69 bits per heavy atom. The Morgan fingerprint density at radius 3 is 2.19 bits per heavy atom. The number of hydrogen-bond donors (Lipinski definition) is 1. The summed E-state index contributed by atoms with van der Waals surface area (Å²) < 4.78 is 0. The van der Waals surface area contributed by atoms with E-state index in [0.717, 1.165) is 38.3 Å². The molecule has 0 bridgehead atoms. The Balaban J connectivity index is 1.97. The first-order chi connectivity index (χ1) is 7.83. The van der Waals surface area contributed by atoms with Crippen LogP contribution < -0.4 is 4.90 Å². The van der Waals surface area contributed by atoms with Crippen molar-refractivity contribution in [3.63, 3.8) is 0 Å². The van der Waals surface area contributed by atoms with Gasteiger partial charge in [-0.2, -0.15) is 0 Å². The molecular weight excluding hydrogens is 200 g/mol. The highest BCUT2D eigenvalue weighted by molar-refractivity contribution is 5.48. The zero-order chi connectivity index (χ0) is 11.4. The molecule has 2 rings (SSSR count). The van der Waals surface area contributed by atoms with Gasteiger partial charge in [-0.1, -0.05) is 19.1 Å². The molecule has 0 amide bonds. The first-order valence-corrected chi connectivity index (χ1v) is 6.00. The maximum absolute atomic E-state index is 8.99. The second-order valence-corrected chi connectivity index (χ2v) is 4.25. The molecule has 1 aromatic carbocycles. The minimum atomic E-state index is 0.129.